The number of nitrogens with one attached hydrogen (secondary N) is 4. The quantitative estimate of drug-likeness (QED) is 0.464. The second-order valence-corrected chi connectivity index (χ2v) is 7.80. The van der Waals surface area contributed by atoms with Crippen molar-refractivity contribution in [3.8, 4) is 0 Å². The van der Waals surface area contributed by atoms with Crippen LogP contribution in [0.1, 0.15) is 54.3 Å². The summed E-state index contributed by atoms with van der Waals surface area (Å²) in [5.74, 6) is 0.480. The van der Waals surface area contributed by atoms with Gasteiger partial charge >= 0.3 is 6.03 Å². The maximum Gasteiger partial charge on any atom is 0.324 e. The lowest BCUT2D eigenvalue weighted by atomic mass is 9.93. The monoisotopic (exact) mass is 409 g/mol. The summed E-state index contributed by atoms with van der Waals surface area (Å²) in [6.45, 7) is 7.38. The van der Waals surface area contributed by atoms with E-state index in [0.717, 1.165) is 0 Å². The lowest BCUT2D eigenvalue weighted by Gasteiger charge is -2.12. The highest BCUT2D eigenvalue weighted by Crippen LogP contribution is 2.24. The van der Waals surface area contributed by atoms with Gasteiger partial charge in [0.1, 0.15) is 11.5 Å². The van der Waals surface area contributed by atoms with Crippen molar-refractivity contribution < 1.29 is 18.9 Å². The van der Waals surface area contributed by atoms with Gasteiger partial charge in [-0.15, -0.1) is 0 Å². The van der Waals surface area contributed by atoms with Gasteiger partial charge in [-0.05, 0) is 37.3 Å². The number of urea groups is 1. The van der Waals surface area contributed by atoms with Gasteiger partial charge in [-0.1, -0.05) is 25.9 Å². The molecule has 0 aliphatic heterocycles. The van der Waals surface area contributed by atoms with Crippen LogP contribution in [0.3, 0.4) is 0 Å². The van der Waals surface area contributed by atoms with Crippen molar-refractivity contribution >= 4 is 34.9 Å². The summed E-state index contributed by atoms with van der Waals surface area (Å²) in [5.41, 5.74) is 1.58. The SMILES string of the molecule is CC(=O)c1c[nH]c(C(=O)Nc2ccc(NC(=O)Nc3cc(C(C)(C)C)on3)cc2)c1. The van der Waals surface area contributed by atoms with Crippen LogP contribution in [-0.2, 0) is 5.41 Å². The largest absolute Gasteiger partial charge is 0.359 e. The van der Waals surface area contributed by atoms with Gasteiger partial charge in [0.15, 0.2) is 11.6 Å². The summed E-state index contributed by atoms with van der Waals surface area (Å²) >= 11 is 0. The van der Waals surface area contributed by atoms with Crippen LogP contribution in [0.25, 0.3) is 0 Å². The van der Waals surface area contributed by atoms with Crippen molar-refractivity contribution in [2.75, 3.05) is 16.0 Å². The second-order valence-electron chi connectivity index (χ2n) is 7.80. The van der Waals surface area contributed by atoms with Gasteiger partial charge < -0.3 is 20.1 Å². The van der Waals surface area contributed by atoms with E-state index in [9.17, 15) is 14.4 Å². The molecule has 3 amide bonds. The van der Waals surface area contributed by atoms with Gasteiger partial charge in [0, 0.05) is 34.6 Å². The first-order valence-electron chi connectivity index (χ1n) is 9.28. The Balaban J connectivity index is 1.56. The molecule has 1 aromatic carbocycles. The maximum atomic E-state index is 12.2. The zero-order valence-corrected chi connectivity index (χ0v) is 17.1. The van der Waals surface area contributed by atoms with Crippen LogP contribution in [0.15, 0.2) is 47.1 Å². The summed E-state index contributed by atoms with van der Waals surface area (Å²) < 4.78 is 5.23. The number of amides is 3. The van der Waals surface area contributed by atoms with E-state index in [1.807, 2.05) is 20.8 Å². The van der Waals surface area contributed by atoms with Crippen LogP contribution in [0.2, 0.25) is 0 Å². The molecule has 3 rings (SSSR count). The van der Waals surface area contributed by atoms with Crippen molar-refractivity contribution in [2.24, 2.45) is 0 Å². The van der Waals surface area contributed by atoms with Gasteiger partial charge in [0.05, 0.1) is 0 Å². The zero-order chi connectivity index (χ0) is 21.9. The number of ketones is 1. The number of rotatable bonds is 5. The third kappa shape index (κ3) is 5.13. The highest BCUT2D eigenvalue weighted by molar-refractivity contribution is 6.05. The van der Waals surface area contributed by atoms with E-state index < -0.39 is 6.03 Å². The summed E-state index contributed by atoms with van der Waals surface area (Å²) in [5, 5.41) is 11.8. The fourth-order valence-corrected chi connectivity index (χ4v) is 2.53. The van der Waals surface area contributed by atoms with E-state index in [2.05, 4.69) is 26.1 Å². The number of H-pyrrole nitrogens is 1. The van der Waals surface area contributed by atoms with Crippen LogP contribution in [0.4, 0.5) is 22.0 Å². The van der Waals surface area contributed by atoms with Gasteiger partial charge in [0.25, 0.3) is 5.91 Å². The lowest BCUT2D eigenvalue weighted by Crippen LogP contribution is -2.19. The Labute approximate surface area is 173 Å². The summed E-state index contributed by atoms with van der Waals surface area (Å²) in [4.78, 5) is 38.5. The molecule has 0 bridgehead atoms. The van der Waals surface area contributed by atoms with Crippen LogP contribution in [0, 0.1) is 0 Å². The molecule has 0 unspecified atom stereocenters. The van der Waals surface area contributed by atoms with E-state index in [-0.39, 0.29) is 22.8 Å². The lowest BCUT2D eigenvalue weighted by molar-refractivity contribution is 0.101. The molecule has 0 aliphatic carbocycles. The van der Waals surface area contributed by atoms with E-state index in [1.54, 1.807) is 30.3 Å². The smallest absolute Gasteiger partial charge is 0.324 e. The van der Waals surface area contributed by atoms with Gasteiger partial charge in [-0.3, -0.25) is 14.9 Å². The Hall–Kier alpha value is -3.88. The molecular weight excluding hydrogens is 386 g/mol. The van der Waals surface area contributed by atoms with Crippen molar-refractivity contribution in [3.63, 3.8) is 0 Å². The predicted octanol–water partition coefficient (Wildman–Crippen LogP) is 4.40. The molecule has 0 aliphatic rings. The van der Waals surface area contributed by atoms with Gasteiger partial charge in [0.2, 0.25) is 0 Å². The standard InChI is InChI=1S/C21H23N5O4/c1-12(27)13-9-16(22-11-13)19(28)23-14-5-7-15(8-6-14)24-20(29)25-18-10-17(30-26-18)21(2,3)4/h5-11,22H,1-4H3,(H,23,28)(H2,24,25,26,29). The third-order valence-corrected chi connectivity index (χ3v) is 4.23. The molecule has 4 N–H and O–H groups in total. The minimum Gasteiger partial charge on any atom is -0.359 e. The first-order valence-corrected chi connectivity index (χ1v) is 9.28. The molecule has 0 atom stereocenters. The van der Waals surface area contributed by atoms with Crippen molar-refractivity contribution in [3.05, 3.63) is 59.6 Å². The molecule has 2 heterocycles. The Kier molecular flexibility index (Phi) is 5.72. The van der Waals surface area contributed by atoms with Crippen LogP contribution in [0.5, 0.6) is 0 Å². The first-order chi connectivity index (χ1) is 14.1. The normalized spacial score (nSPS) is 11.1. The zero-order valence-electron chi connectivity index (χ0n) is 17.1. The number of aromatic amines is 1. The maximum absolute atomic E-state index is 12.2. The number of nitrogens with zero attached hydrogens (tertiary/aromatic N) is 1. The average molecular weight is 409 g/mol. The fourth-order valence-electron chi connectivity index (χ4n) is 2.53. The van der Waals surface area contributed by atoms with E-state index in [0.29, 0.717) is 28.5 Å². The molecule has 0 spiro atoms. The van der Waals surface area contributed by atoms with Crippen molar-refractivity contribution in [2.45, 2.75) is 33.1 Å². The molecule has 9 heteroatoms. The average Bonchev–Trinajstić information content (AvgIpc) is 3.32. The molecule has 30 heavy (non-hydrogen) atoms. The highest BCUT2D eigenvalue weighted by atomic mass is 16.5. The molecular formula is C21H23N5O4. The number of carbonyl (C=O) groups is 3. The summed E-state index contributed by atoms with van der Waals surface area (Å²) in [6, 6.07) is 9.29. The minimum absolute atomic E-state index is 0.126. The Morgan fingerprint density at radius 3 is 2.13 bits per heavy atom. The molecule has 156 valence electrons. The topological polar surface area (TPSA) is 129 Å². The van der Waals surface area contributed by atoms with Crippen LogP contribution >= 0.6 is 0 Å². The van der Waals surface area contributed by atoms with Crippen LogP contribution in [-0.4, -0.2) is 27.9 Å². The van der Waals surface area contributed by atoms with Crippen molar-refractivity contribution in [1.82, 2.24) is 10.1 Å². The summed E-state index contributed by atoms with van der Waals surface area (Å²) in [6.07, 6.45) is 1.49. The molecule has 0 radical (unpaired) electrons. The molecule has 0 saturated heterocycles. The number of Topliss-reactive ketones (excluding diaryl/α,β-unsaturated/α-hetero) is 1. The third-order valence-electron chi connectivity index (χ3n) is 4.23. The number of carbonyl (C=O) groups excluding carboxylic acids is 3. The minimum atomic E-state index is -0.469. The molecule has 3 aromatic rings. The second kappa shape index (κ2) is 8.24. The summed E-state index contributed by atoms with van der Waals surface area (Å²) in [7, 11) is 0. The number of anilines is 3. The van der Waals surface area contributed by atoms with E-state index in [4.69, 9.17) is 4.52 Å². The van der Waals surface area contributed by atoms with Gasteiger partial charge in [-0.25, -0.2) is 4.79 Å². The fraction of sp³-hybridized carbons (Fsp3) is 0.238. The predicted molar refractivity (Wildman–Crippen MR) is 113 cm³/mol. The number of hydrogen-bond acceptors (Lipinski definition) is 5. The first kappa shape index (κ1) is 20.8. The Morgan fingerprint density at radius 1 is 0.967 bits per heavy atom. The Morgan fingerprint density at radius 2 is 1.60 bits per heavy atom. The molecule has 0 fully saturated rings. The molecule has 2 aromatic heterocycles. The number of benzene rings is 1. The molecule has 0 saturated carbocycles. The Bertz CT molecular complexity index is 1070. The van der Waals surface area contributed by atoms with E-state index >= 15 is 0 Å². The number of hydrogen-bond donors (Lipinski definition) is 4. The number of aromatic nitrogens is 2. The highest BCUT2D eigenvalue weighted by Gasteiger charge is 2.20. The van der Waals surface area contributed by atoms with E-state index in [1.165, 1.54) is 19.2 Å². The molecule has 9 nitrogen and oxygen atoms in total. The van der Waals surface area contributed by atoms with Gasteiger partial charge in [-0.2, -0.15) is 0 Å². The van der Waals surface area contributed by atoms with Crippen molar-refractivity contribution in [1.29, 1.82) is 0 Å². The van der Waals surface area contributed by atoms with Crippen LogP contribution < -0.4 is 16.0 Å².